The minimum Gasteiger partial charge on any atom is -0.356 e. The third-order valence-electron chi connectivity index (χ3n) is 4.22. The van der Waals surface area contributed by atoms with Gasteiger partial charge in [-0.15, -0.1) is 0 Å². The van der Waals surface area contributed by atoms with Gasteiger partial charge in [-0.25, -0.2) is 0 Å². The molecule has 1 atom stereocenters. The smallest absolute Gasteiger partial charge is 0.222 e. The first-order valence-electron chi connectivity index (χ1n) is 8.10. The van der Waals surface area contributed by atoms with Crippen LogP contribution in [-0.2, 0) is 11.3 Å². The molecule has 1 fully saturated rings. The van der Waals surface area contributed by atoms with Crippen LogP contribution >= 0.6 is 0 Å². The zero-order valence-electron chi connectivity index (χ0n) is 13.6. The normalized spacial score (nSPS) is 19.7. The van der Waals surface area contributed by atoms with Crippen molar-refractivity contribution >= 4 is 5.91 Å². The summed E-state index contributed by atoms with van der Waals surface area (Å²) in [6.45, 7) is 10.1. The SMILES string of the molecule is Cc1ccc(CN2CCCC(CNC(=O)C(C)C)C2)cc1. The van der Waals surface area contributed by atoms with Crippen molar-refractivity contribution in [2.45, 2.75) is 40.2 Å². The fraction of sp³-hybridized carbons (Fsp3) is 0.611. The van der Waals surface area contributed by atoms with Crippen LogP contribution in [0.15, 0.2) is 24.3 Å². The molecule has 3 heteroatoms. The number of aryl methyl sites for hydroxylation is 1. The van der Waals surface area contributed by atoms with E-state index in [0.717, 1.165) is 19.6 Å². The Hall–Kier alpha value is -1.35. The predicted octanol–water partition coefficient (Wildman–Crippen LogP) is 2.98. The maximum absolute atomic E-state index is 11.7. The number of rotatable bonds is 5. The summed E-state index contributed by atoms with van der Waals surface area (Å²) >= 11 is 0. The summed E-state index contributed by atoms with van der Waals surface area (Å²) < 4.78 is 0. The molecule has 0 aliphatic carbocycles. The van der Waals surface area contributed by atoms with E-state index in [1.165, 1.54) is 30.5 Å². The first-order chi connectivity index (χ1) is 10.0. The Labute approximate surface area is 128 Å². The first kappa shape index (κ1) is 16.0. The van der Waals surface area contributed by atoms with Gasteiger partial charge in [-0.3, -0.25) is 9.69 Å². The molecular formula is C18H28N2O. The van der Waals surface area contributed by atoms with Gasteiger partial charge >= 0.3 is 0 Å². The van der Waals surface area contributed by atoms with Gasteiger partial charge in [0.2, 0.25) is 5.91 Å². The maximum Gasteiger partial charge on any atom is 0.222 e. The van der Waals surface area contributed by atoms with Crippen molar-refractivity contribution in [1.82, 2.24) is 10.2 Å². The lowest BCUT2D eigenvalue weighted by Crippen LogP contribution is -2.41. The summed E-state index contributed by atoms with van der Waals surface area (Å²) in [6, 6.07) is 8.80. The quantitative estimate of drug-likeness (QED) is 0.903. The van der Waals surface area contributed by atoms with Crippen molar-refractivity contribution in [3.05, 3.63) is 35.4 Å². The van der Waals surface area contributed by atoms with Crippen LogP contribution in [0.5, 0.6) is 0 Å². The van der Waals surface area contributed by atoms with Crippen molar-refractivity contribution in [2.75, 3.05) is 19.6 Å². The van der Waals surface area contributed by atoms with E-state index in [4.69, 9.17) is 0 Å². The summed E-state index contributed by atoms with van der Waals surface area (Å²) in [5, 5.41) is 3.08. The third kappa shape index (κ3) is 5.16. The summed E-state index contributed by atoms with van der Waals surface area (Å²) in [7, 11) is 0. The van der Waals surface area contributed by atoms with E-state index in [9.17, 15) is 4.79 Å². The van der Waals surface area contributed by atoms with Crippen LogP contribution in [0.25, 0.3) is 0 Å². The van der Waals surface area contributed by atoms with E-state index in [1.54, 1.807) is 0 Å². The van der Waals surface area contributed by atoms with Gasteiger partial charge in [0, 0.05) is 25.6 Å². The molecule has 0 radical (unpaired) electrons. The minimum atomic E-state index is 0.0808. The third-order valence-corrected chi connectivity index (χ3v) is 4.22. The molecule has 21 heavy (non-hydrogen) atoms. The molecule has 3 nitrogen and oxygen atoms in total. The average Bonchev–Trinajstić information content (AvgIpc) is 2.47. The maximum atomic E-state index is 11.7. The average molecular weight is 288 g/mol. The topological polar surface area (TPSA) is 32.3 Å². The molecule has 2 rings (SSSR count). The van der Waals surface area contributed by atoms with Crippen LogP contribution in [0.3, 0.4) is 0 Å². The second kappa shape index (κ2) is 7.60. The molecule has 1 heterocycles. The number of hydrogen-bond acceptors (Lipinski definition) is 2. The number of amides is 1. The molecule has 1 unspecified atom stereocenters. The molecule has 1 N–H and O–H groups in total. The molecule has 0 bridgehead atoms. The molecule has 116 valence electrons. The Balaban J connectivity index is 1.80. The van der Waals surface area contributed by atoms with Crippen LogP contribution in [0.1, 0.15) is 37.8 Å². The van der Waals surface area contributed by atoms with Gasteiger partial charge in [0.15, 0.2) is 0 Å². The van der Waals surface area contributed by atoms with Gasteiger partial charge in [-0.1, -0.05) is 43.7 Å². The monoisotopic (exact) mass is 288 g/mol. The standard InChI is InChI=1S/C18H28N2O/c1-14(2)18(21)19-11-17-5-4-10-20(13-17)12-16-8-6-15(3)7-9-16/h6-9,14,17H,4-5,10-13H2,1-3H3,(H,19,21). The summed E-state index contributed by atoms with van der Waals surface area (Å²) in [4.78, 5) is 14.2. The number of likely N-dealkylation sites (tertiary alicyclic amines) is 1. The first-order valence-corrected chi connectivity index (χ1v) is 8.10. The lowest BCUT2D eigenvalue weighted by atomic mass is 9.97. The molecular weight excluding hydrogens is 260 g/mol. The number of carbonyl (C=O) groups is 1. The van der Waals surface area contributed by atoms with Gasteiger partial charge in [0.05, 0.1) is 0 Å². The fourth-order valence-corrected chi connectivity index (χ4v) is 2.86. The summed E-state index contributed by atoms with van der Waals surface area (Å²) in [6.07, 6.45) is 2.46. The highest BCUT2D eigenvalue weighted by Crippen LogP contribution is 2.18. The van der Waals surface area contributed by atoms with Crippen LogP contribution in [0.4, 0.5) is 0 Å². The molecule has 0 spiro atoms. The lowest BCUT2D eigenvalue weighted by molar-refractivity contribution is -0.124. The number of piperidine rings is 1. The fourth-order valence-electron chi connectivity index (χ4n) is 2.86. The Morgan fingerprint density at radius 3 is 2.71 bits per heavy atom. The summed E-state index contributed by atoms with van der Waals surface area (Å²) in [5.74, 6) is 0.842. The second-order valence-corrected chi connectivity index (χ2v) is 6.63. The van der Waals surface area contributed by atoms with Crippen LogP contribution in [0.2, 0.25) is 0 Å². The van der Waals surface area contributed by atoms with Crippen molar-refractivity contribution < 1.29 is 4.79 Å². The molecule has 1 amide bonds. The number of carbonyl (C=O) groups excluding carboxylic acids is 1. The van der Waals surface area contributed by atoms with Crippen molar-refractivity contribution in [3.8, 4) is 0 Å². The van der Waals surface area contributed by atoms with E-state index in [-0.39, 0.29) is 11.8 Å². The van der Waals surface area contributed by atoms with Crippen LogP contribution in [0, 0.1) is 18.8 Å². The van der Waals surface area contributed by atoms with Crippen molar-refractivity contribution in [1.29, 1.82) is 0 Å². The molecule has 1 aliphatic heterocycles. The Bertz CT molecular complexity index is 453. The van der Waals surface area contributed by atoms with E-state index in [2.05, 4.69) is 41.4 Å². The van der Waals surface area contributed by atoms with E-state index >= 15 is 0 Å². The lowest BCUT2D eigenvalue weighted by Gasteiger charge is -2.33. The Morgan fingerprint density at radius 2 is 2.05 bits per heavy atom. The Kier molecular flexibility index (Phi) is 5.80. The van der Waals surface area contributed by atoms with Crippen LogP contribution < -0.4 is 5.32 Å². The minimum absolute atomic E-state index is 0.0808. The second-order valence-electron chi connectivity index (χ2n) is 6.63. The van der Waals surface area contributed by atoms with Gasteiger partial charge < -0.3 is 5.32 Å². The summed E-state index contributed by atoms with van der Waals surface area (Å²) in [5.41, 5.74) is 2.69. The number of nitrogens with one attached hydrogen (secondary N) is 1. The van der Waals surface area contributed by atoms with Gasteiger partial charge in [-0.05, 0) is 37.8 Å². The highest BCUT2D eigenvalue weighted by molar-refractivity contribution is 5.77. The largest absolute Gasteiger partial charge is 0.356 e. The zero-order chi connectivity index (χ0) is 15.2. The predicted molar refractivity (Wildman–Crippen MR) is 87.0 cm³/mol. The van der Waals surface area contributed by atoms with Gasteiger partial charge in [0.1, 0.15) is 0 Å². The zero-order valence-corrected chi connectivity index (χ0v) is 13.6. The van der Waals surface area contributed by atoms with E-state index in [1.807, 2.05) is 13.8 Å². The number of hydrogen-bond donors (Lipinski definition) is 1. The molecule has 1 aromatic carbocycles. The highest BCUT2D eigenvalue weighted by Gasteiger charge is 2.20. The van der Waals surface area contributed by atoms with Crippen LogP contribution in [-0.4, -0.2) is 30.4 Å². The highest BCUT2D eigenvalue weighted by atomic mass is 16.1. The van der Waals surface area contributed by atoms with Gasteiger partial charge in [0.25, 0.3) is 0 Å². The molecule has 1 aliphatic rings. The molecule has 0 saturated carbocycles. The van der Waals surface area contributed by atoms with E-state index < -0.39 is 0 Å². The Morgan fingerprint density at radius 1 is 1.33 bits per heavy atom. The van der Waals surface area contributed by atoms with Crippen molar-refractivity contribution in [3.63, 3.8) is 0 Å². The molecule has 0 aromatic heterocycles. The number of benzene rings is 1. The van der Waals surface area contributed by atoms with E-state index in [0.29, 0.717) is 5.92 Å². The van der Waals surface area contributed by atoms with Gasteiger partial charge in [-0.2, -0.15) is 0 Å². The van der Waals surface area contributed by atoms with Crippen molar-refractivity contribution in [2.24, 2.45) is 11.8 Å². The molecule has 1 aromatic rings. The number of nitrogens with zero attached hydrogens (tertiary/aromatic N) is 1. The molecule has 1 saturated heterocycles.